The fraction of sp³-hybridized carbons (Fsp3) is 0.0667. The minimum absolute atomic E-state index is 0.464. The summed E-state index contributed by atoms with van der Waals surface area (Å²) in [5.41, 5.74) is 2.94. The van der Waals surface area contributed by atoms with Crippen molar-refractivity contribution in [3.8, 4) is 0 Å². The van der Waals surface area contributed by atoms with Gasteiger partial charge in [0.1, 0.15) is 12.1 Å². The average molecular weight is 270 g/mol. The molecule has 3 nitrogen and oxygen atoms in total. The quantitative estimate of drug-likeness (QED) is 0.727. The van der Waals surface area contributed by atoms with Crippen LogP contribution < -0.4 is 5.32 Å². The molecule has 0 atom stereocenters. The summed E-state index contributed by atoms with van der Waals surface area (Å²) >= 11 is 5.94. The van der Waals surface area contributed by atoms with Crippen LogP contribution in [0.15, 0.2) is 54.9 Å². The van der Waals surface area contributed by atoms with E-state index in [0.29, 0.717) is 5.88 Å². The van der Waals surface area contributed by atoms with Crippen molar-refractivity contribution in [2.45, 2.75) is 5.88 Å². The van der Waals surface area contributed by atoms with Gasteiger partial charge in [0.05, 0.1) is 5.52 Å². The Kier molecular flexibility index (Phi) is 3.29. The summed E-state index contributed by atoms with van der Waals surface area (Å²) in [7, 11) is 0. The fourth-order valence-corrected chi connectivity index (χ4v) is 2.22. The number of nitrogens with zero attached hydrogens (tertiary/aromatic N) is 2. The highest BCUT2D eigenvalue weighted by Crippen LogP contribution is 2.25. The first-order valence-corrected chi connectivity index (χ1v) is 6.52. The van der Waals surface area contributed by atoms with Crippen molar-refractivity contribution in [2.75, 3.05) is 5.32 Å². The summed E-state index contributed by atoms with van der Waals surface area (Å²) in [6.07, 6.45) is 1.56. The number of alkyl halides is 1. The summed E-state index contributed by atoms with van der Waals surface area (Å²) in [5.74, 6) is 1.26. The number of rotatable bonds is 3. The van der Waals surface area contributed by atoms with E-state index in [0.717, 1.165) is 28.0 Å². The Morgan fingerprint density at radius 1 is 0.947 bits per heavy atom. The molecule has 19 heavy (non-hydrogen) atoms. The summed E-state index contributed by atoms with van der Waals surface area (Å²) in [4.78, 5) is 8.56. The van der Waals surface area contributed by atoms with Crippen molar-refractivity contribution in [3.63, 3.8) is 0 Å². The fourth-order valence-electron chi connectivity index (χ4n) is 1.99. The standard InChI is InChI=1S/C15H12ClN3/c16-9-11-5-1-3-7-13(11)19-15-12-6-2-4-8-14(12)17-10-18-15/h1-8,10H,9H2,(H,17,18,19). The van der Waals surface area contributed by atoms with Crippen LogP contribution in [0.25, 0.3) is 10.9 Å². The van der Waals surface area contributed by atoms with Crippen molar-refractivity contribution < 1.29 is 0 Å². The third-order valence-electron chi connectivity index (χ3n) is 2.96. The Labute approximate surface area is 116 Å². The van der Waals surface area contributed by atoms with Crippen LogP contribution >= 0.6 is 11.6 Å². The highest BCUT2D eigenvalue weighted by atomic mass is 35.5. The van der Waals surface area contributed by atoms with E-state index in [1.54, 1.807) is 6.33 Å². The van der Waals surface area contributed by atoms with E-state index in [2.05, 4.69) is 15.3 Å². The Hall–Kier alpha value is -2.13. The molecule has 0 saturated heterocycles. The summed E-state index contributed by atoms with van der Waals surface area (Å²) < 4.78 is 0. The maximum atomic E-state index is 5.94. The average Bonchev–Trinajstić information content (AvgIpc) is 2.48. The molecule has 2 aromatic carbocycles. The molecule has 1 aromatic heterocycles. The number of benzene rings is 2. The molecule has 0 saturated carbocycles. The van der Waals surface area contributed by atoms with Crippen molar-refractivity contribution in [2.24, 2.45) is 0 Å². The van der Waals surface area contributed by atoms with E-state index in [9.17, 15) is 0 Å². The van der Waals surface area contributed by atoms with Crippen molar-refractivity contribution >= 4 is 34.0 Å². The largest absolute Gasteiger partial charge is 0.339 e. The van der Waals surface area contributed by atoms with Crippen LogP contribution in [0.1, 0.15) is 5.56 Å². The summed E-state index contributed by atoms with van der Waals surface area (Å²) in [6.45, 7) is 0. The Balaban J connectivity index is 2.06. The Bertz CT molecular complexity index is 707. The number of hydrogen-bond donors (Lipinski definition) is 1. The second kappa shape index (κ2) is 5.24. The SMILES string of the molecule is ClCc1ccccc1Nc1ncnc2ccccc12. The molecule has 0 radical (unpaired) electrons. The lowest BCUT2D eigenvalue weighted by Gasteiger charge is -2.11. The summed E-state index contributed by atoms with van der Waals surface area (Å²) in [5, 5.41) is 4.33. The maximum absolute atomic E-state index is 5.94. The molecule has 0 bridgehead atoms. The smallest absolute Gasteiger partial charge is 0.141 e. The molecule has 3 rings (SSSR count). The number of aromatic nitrogens is 2. The zero-order valence-corrected chi connectivity index (χ0v) is 10.9. The molecule has 1 heterocycles. The first kappa shape index (κ1) is 11.9. The van der Waals surface area contributed by atoms with Crippen LogP contribution in [0.4, 0.5) is 11.5 Å². The van der Waals surface area contributed by atoms with Crippen molar-refractivity contribution in [3.05, 3.63) is 60.4 Å². The number of anilines is 2. The highest BCUT2D eigenvalue weighted by molar-refractivity contribution is 6.17. The van der Waals surface area contributed by atoms with Gasteiger partial charge in [0.2, 0.25) is 0 Å². The molecule has 94 valence electrons. The number of nitrogens with one attached hydrogen (secondary N) is 1. The van der Waals surface area contributed by atoms with Gasteiger partial charge in [-0.3, -0.25) is 0 Å². The van der Waals surface area contributed by atoms with Gasteiger partial charge in [-0.2, -0.15) is 0 Å². The van der Waals surface area contributed by atoms with Gasteiger partial charge in [-0.05, 0) is 23.8 Å². The van der Waals surface area contributed by atoms with Crippen LogP contribution in [-0.2, 0) is 5.88 Å². The van der Waals surface area contributed by atoms with E-state index in [4.69, 9.17) is 11.6 Å². The maximum Gasteiger partial charge on any atom is 0.141 e. The van der Waals surface area contributed by atoms with Crippen LogP contribution in [0.2, 0.25) is 0 Å². The van der Waals surface area contributed by atoms with Gasteiger partial charge in [0.25, 0.3) is 0 Å². The van der Waals surface area contributed by atoms with E-state index in [1.807, 2.05) is 48.5 Å². The van der Waals surface area contributed by atoms with E-state index < -0.39 is 0 Å². The lowest BCUT2D eigenvalue weighted by molar-refractivity contribution is 1.21. The van der Waals surface area contributed by atoms with Crippen LogP contribution in [-0.4, -0.2) is 9.97 Å². The third-order valence-corrected chi connectivity index (χ3v) is 3.25. The van der Waals surface area contributed by atoms with Gasteiger partial charge in [-0.15, -0.1) is 11.6 Å². The minimum Gasteiger partial charge on any atom is -0.339 e. The predicted molar refractivity (Wildman–Crippen MR) is 78.8 cm³/mol. The molecule has 0 amide bonds. The monoisotopic (exact) mass is 269 g/mol. The zero-order chi connectivity index (χ0) is 13.1. The molecule has 0 fully saturated rings. The van der Waals surface area contributed by atoms with Gasteiger partial charge in [-0.1, -0.05) is 30.3 Å². The lowest BCUT2D eigenvalue weighted by atomic mass is 10.2. The van der Waals surface area contributed by atoms with Crippen LogP contribution in [0.3, 0.4) is 0 Å². The molecule has 0 spiro atoms. The third kappa shape index (κ3) is 2.37. The normalized spacial score (nSPS) is 10.6. The predicted octanol–water partition coefficient (Wildman–Crippen LogP) is 4.11. The molecular weight excluding hydrogens is 258 g/mol. The number of halogens is 1. The van der Waals surface area contributed by atoms with Gasteiger partial charge < -0.3 is 5.32 Å². The van der Waals surface area contributed by atoms with E-state index >= 15 is 0 Å². The first-order chi connectivity index (χ1) is 9.38. The van der Waals surface area contributed by atoms with Gasteiger partial charge in [-0.25, -0.2) is 9.97 Å². The Morgan fingerprint density at radius 3 is 2.63 bits per heavy atom. The Morgan fingerprint density at radius 2 is 1.74 bits per heavy atom. The molecule has 0 aliphatic carbocycles. The molecule has 1 N–H and O–H groups in total. The summed E-state index contributed by atoms with van der Waals surface area (Å²) in [6, 6.07) is 15.9. The number of fused-ring (bicyclic) bond motifs is 1. The highest BCUT2D eigenvalue weighted by Gasteiger charge is 2.05. The second-order valence-electron chi connectivity index (χ2n) is 4.16. The van der Waals surface area contributed by atoms with Gasteiger partial charge in [0.15, 0.2) is 0 Å². The number of para-hydroxylation sites is 2. The van der Waals surface area contributed by atoms with E-state index in [1.165, 1.54) is 0 Å². The van der Waals surface area contributed by atoms with Crippen molar-refractivity contribution in [1.82, 2.24) is 9.97 Å². The van der Waals surface area contributed by atoms with Gasteiger partial charge in [0, 0.05) is 17.0 Å². The first-order valence-electron chi connectivity index (χ1n) is 5.99. The second-order valence-corrected chi connectivity index (χ2v) is 4.42. The zero-order valence-electron chi connectivity index (χ0n) is 10.2. The molecular formula is C15H12ClN3. The van der Waals surface area contributed by atoms with Crippen LogP contribution in [0, 0.1) is 0 Å². The van der Waals surface area contributed by atoms with E-state index in [-0.39, 0.29) is 0 Å². The molecule has 3 aromatic rings. The van der Waals surface area contributed by atoms with Crippen molar-refractivity contribution in [1.29, 1.82) is 0 Å². The topological polar surface area (TPSA) is 37.8 Å². The molecule has 0 aliphatic rings. The van der Waals surface area contributed by atoms with Gasteiger partial charge >= 0.3 is 0 Å². The molecule has 0 unspecified atom stereocenters. The molecule has 4 heteroatoms. The molecule has 0 aliphatic heterocycles. The van der Waals surface area contributed by atoms with Crippen LogP contribution in [0.5, 0.6) is 0 Å². The minimum atomic E-state index is 0.464. The lowest BCUT2D eigenvalue weighted by Crippen LogP contribution is -1.98. The number of hydrogen-bond acceptors (Lipinski definition) is 3.